The van der Waals surface area contributed by atoms with E-state index in [1.54, 1.807) is 6.20 Å². The van der Waals surface area contributed by atoms with E-state index in [4.69, 9.17) is 5.73 Å². The van der Waals surface area contributed by atoms with Crippen molar-refractivity contribution in [2.24, 2.45) is 5.73 Å². The van der Waals surface area contributed by atoms with Gasteiger partial charge in [0, 0.05) is 11.9 Å². The lowest BCUT2D eigenvalue weighted by atomic mass is 10.1. The molecule has 82 valence electrons. The van der Waals surface area contributed by atoms with E-state index in [1.807, 2.05) is 6.07 Å². The number of unbranched alkanes of at least 4 members (excludes halogenated alkanes) is 2. The Morgan fingerprint density at radius 1 is 1.53 bits per heavy atom. The number of anilines is 1. The number of aromatic nitrogens is 2. The van der Waals surface area contributed by atoms with Crippen LogP contribution in [0.5, 0.6) is 0 Å². The van der Waals surface area contributed by atoms with Crippen molar-refractivity contribution in [2.45, 2.75) is 32.6 Å². The molecule has 3 N–H and O–H groups in total. The molecule has 0 unspecified atom stereocenters. The SMILES string of the molecule is CCCCCc1ccnc(NC(N)=O)n1. The van der Waals surface area contributed by atoms with Gasteiger partial charge in [0.05, 0.1) is 0 Å². The van der Waals surface area contributed by atoms with Gasteiger partial charge in [-0.15, -0.1) is 0 Å². The van der Waals surface area contributed by atoms with Gasteiger partial charge in [-0.05, 0) is 18.9 Å². The topological polar surface area (TPSA) is 80.9 Å². The van der Waals surface area contributed by atoms with E-state index in [2.05, 4.69) is 22.2 Å². The Balaban J connectivity index is 2.53. The number of nitrogens with two attached hydrogens (primary N) is 1. The number of urea groups is 1. The van der Waals surface area contributed by atoms with Gasteiger partial charge in [-0.2, -0.15) is 0 Å². The van der Waals surface area contributed by atoms with Crippen LogP contribution >= 0.6 is 0 Å². The summed E-state index contributed by atoms with van der Waals surface area (Å²) in [5.41, 5.74) is 5.90. The van der Waals surface area contributed by atoms with Crippen molar-refractivity contribution < 1.29 is 4.79 Å². The fourth-order valence-electron chi connectivity index (χ4n) is 1.26. The van der Waals surface area contributed by atoms with Crippen LogP contribution in [0, 0.1) is 0 Å². The van der Waals surface area contributed by atoms with Crippen LogP contribution in [0.1, 0.15) is 31.9 Å². The molecule has 0 atom stereocenters. The minimum atomic E-state index is -0.638. The zero-order valence-electron chi connectivity index (χ0n) is 8.86. The summed E-state index contributed by atoms with van der Waals surface area (Å²) < 4.78 is 0. The summed E-state index contributed by atoms with van der Waals surface area (Å²) in [5, 5.41) is 2.35. The molecule has 1 aromatic rings. The van der Waals surface area contributed by atoms with E-state index < -0.39 is 6.03 Å². The molecule has 1 aromatic heterocycles. The summed E-state index contributed by atoms with van der Waals surface area (Å²) in [6.45, 7) is 2.15. The number of aryl methyl sites for hydroxylation is 1. The summed E-state index contributed by atoms with van der Waals surface area (Å²) in [6.07, 6.45) is 5.99. The number of nitrogens with one attached hydrogen (secondary N) is 1. The average Bonchev–Trinajstić information content (AvgIpc) is 2.18. The molecule has 0 aliphatic heterocycles. The maximum absolute atomic E-state index is 10.6. The molecule has 0 spiro atoms. The largest absolute Gasteiger partial charge is 0.351 e. The van der Waals surface area contributed by atoms with E-state index in [0.717, 1.165) is 18.5 Å². The molecule has 0 radical (unpaired) electrons. The number of hydrogen-bond acceptors (Lipinski definition) is 3. The Kier molecular flexibility index (Phi) is 4.53. The lowest BCUT2D eigenvalue weighted by Gasteiger charge is -2.02. The molecule has 0 aliphatic rings. The lowest BCUT2D eigenvalue weighted by Crippen LogP contribution is -2.21. The highest BCUT2D eigenvalue weighted by Gasteiger charge is 2.00. The number of hydrogen-bond donors (Lipinski definition) is 2. The van der Waals surface area contributed by atoms with Crippen LogP contribution in [0.25, 0.3) is 0 Å². The molecule has 0 fully saturated rings. The molecule has 5 heteroatoms. The Bertz CT molecular complexity index is 327. The molecule has 0 bridgehead atoms. The Hall–Kier alpha value is -1.65. The van der Waals surface area contributed by atoms with Gasteiger partial charge in [0.25, 0.3) is 0 Å². The second kappa shape index (κ2) is 5.95. The van der Waals surface area contributed by atoms with Gasteiger partial charge in [0.2, 0.25) is 5.95 Å². The molecular formula is C10H16N4O. The number of primary amides is 1. The second-order valence-corrected chi connectivity index (χ2v) is 3.32. The highest BCUT2D eigenvalue weighted by molar-refractivity contribution is 5.85. The zero-order chi connectivity index (χ0) is 11.1. The van der Waals surface area contributed by atoms with Crippen LogP contribution in [-0.4, -0.2) is 16.0 Å². The lowest BCUT2D eigenvalue weighted by molar-refractivity contribution is 0.259. The summed E-state index contributed by atoms with van der Waals surface area (Å²) in [4.78, 5) is 18.6. The molecule has 1 heterocycles. The minimum Gasteiger partial charge on any atom is -0.351 e. The fourth-order valence-corrected chi connectivity index (χ4v) is 1.26. The van der Waals surface area contributed by atoms with Crippen molar-refractivity contribution in [1.82, 2.24) is 9.97 Å². The molecule has 15 heavy (non-hydrogen) atoms. The molecule has 0 saturated heterocycles. The van der Waals surface area contributed by atoms with Crippen LogP contribution < -0.4 is 11.1 Å². The predicted octanol–water partition coefficient (Wildman–Crippen LogP) is 1.70. The zero-order valence-corrected chi connectivity index (χ0v) is 8.86. The maximum atomic E-state index is 10.6. The summed E-state index contributed by atoms with van der Waals surface area (Å²) >= 11 is 0. The van der Waals surface area contributed by atoms with Crippen molar-refractivity contribution in [3.05, 3.63) is 18.0 Å². The van der Waals surface area contributed by atoms with Crippen LogP contribution in [0.15, 0.2) is 12.3 Å². The van der Waals surface area contributed by atoms with Gasteiger partial charge in [0.15, 0.2) is 0 Å². The molecule has 1 rings (SSSR count). The molecule has 5 nitrogen and oxygen atoms in total. The molecule has 0 aromatic carbocycles. The highest BCUT2D eigenvalue weighted by Crippen LogP contribution is 2.05. The van der Waals surface area contributed by atoms with Crippen LogP contribution in [0.4, 0.5) is 10.7 Å². The predicted molar refractivity (Wildman–Crippen MR) is 58.5 cm³/mol. The molecular weight excluding hydrogens is 192 g/mol. The first-order valence-electron chi connectivity index (χ1n) is 5.10. The normalized spacial score (nSPS) is 9.93. The first-order valence-corrected chi connectivity index (χ1v) is 5.10. The van der Waals surface area contributed by atoms with Gasteiger partial charge in [-0.1, -0.05) is 19.8 Å². The molecule has 0 aliphatic carbocycles. The van der Waals surface area contributed by atoms with E-state index >= 15 is 0 Å². The monoisotopic (exact) mass is 208 g/mol. The van der Waals surface area contributed by atoms with E-state index in [1.165, 1.54) is 12.8 Å². The number of rotatable bonds is 5. The van der Waals surface area contributed by atoms with Gasteiger partial charge in [-0.25, -0.2) is 14.8 Å². The fraction of sp³-hybridized carbons (Fsp3) is 0.500. The van der Waals surface area contributed by atoms with Crippen LogP contribution in [0.3, 0.4) is 0 Å². The number of carbonyl (C=O) groups is 1. The third kappa shape index (κ3) is 4.39. The molecule has 0 saturated carbocycles. The third-order valence-corrected chi connectivity index (χ3v) is 1.98. The third-order valence-electron chi connectivity index (χ3n) is 1.98. The van der Waals surface area contributed by atoms with Crippen LogP contribution in [0.2, 0.25) is 0 Å². The first-order chi connectivity index (χ1) is 7.22. The van der Waals surface area contributed by atoms with Crippen molar-refractivity contribution >= 4 is 12.0 Å². The molecule has 2 amide bonds. The van der Waals surface area contributed by atoms with Gasteiger partial charge < -0.3 is 5.73 Å². The van der Waals surface area contributed by atoms with Crippen molar-refractivity contribution in [3.63, 3.8) is 0 Å². The van der Waals surface area contributed by atoms with E-state index in [9.17, 15) is 4.79 Å². The standard InChI is InChI=1S/C10H16N4O/c1-2-3-4-5-8-6-7-12-10(13-8)14-9(11)15/h6-7H,2-5H2,1H3,(H3,11,12,13,14,15). The Labute approximate surface area is 89.1 Å². The van der Waals surface area contributed by atoms with E-state index in [0.29, 0.717) is 0 Å². The summed E-state index contributed by atoms with van der Waals surface area (Å²) in [7, 11) is 0. The van der Waals surface area contributed by atoms with Gasteiger partial charge >= 0.3 is 6.03 Å². The summed E-state index contributed by atoms with van der Waals surface area (Å²) in [5.74, 6) is 0.275. The number of nitrogens with zero attached hydrogens (tertiary/aromatic N) is 2. The smallest absolute Gasteiger partial charge is 0.319 e. The van der Waals surface area contributed by atoms with Crippen molar-refractivity contribution in [3.8, 4) is 0 Å². The van der Waals surface area contributed by atoms with Crippen LogP contribution in [-0.2, 0) is 6.42 Å². The first kappa shape index (κ1) is 11.4. The van der Waals surface area contributed by atoms with E-state index in [-0.39, 0.29) is 5.95 Å². The van der Waals surface area contributed by atoms with Gasteiger partial charge in [-0.3, -0.25) is 5.32 Å². The Morgan fingerprint density at radius 3 is 3.00 bits per heavy atom. The summed E-state index contributed by atoms with van der Waals surface area (Å²) in [6, 6.07) is 1.21. The van der Waals surface area contributed by atoms with Crippen molar-refractivity contribution in [2.75, 3.05) is 5.32 Å². The Morgan fingerprint density at radius 2 is 2.33 bits per heavy atom. The highest BCUT2D eigenvalue weighted by atomic mass is 16.2. The minimum absolute atomic E-state index is 0.275. The van der Waals surface area contributed by atoms with Crippen molar-refractivity contribution in [1.29, 1.82) is 0 Å². The maximum Gasteiger partial charge on any atom is 0.319 e. The number of carbonyl (C=O) groups excluding carboxylic acids is 1. The van der Waals surface area contributed by atoms with Gasteiger partial charge in [0.1, 0.15) is 0 Å². The quantitative estimate of drug-likeness (QED) is 0.722. The second-order valence-electron chi connectivity index (χ2n) is 3.32. The average molecular weight is 208 g/mol. The number of amides is 2.